The molecule has 0 N–H and O–H groups in total. The quantitative estimate of drug-likeness (QED) is 0.613. The first kappa shape index (κ1) is 22.7. The number of hydrogen-bond acceptors (Lipinski definition) is 4. The summed E-state index contributed by atoms with van der Waals surface area (Å²) in [4.78, 5) is 12.7. The molecule has 0 spiro atoms. The summed E-state index contributed by atoms with van der Waals surface area (Å²) in [6.07, 6.45) is 0. The number of sulfonamides is 1. The number of piperazine rings is 1. The van der Waals surface area contributed by atoms with E-state index in [2.05, 4.69) is 0 Å². The van der Waals surface area contributed by atoms with Gasteiger partial charge in [0.1, 0.15) is 10.6 Å². The molecule has 0 aliphatic carbocycles. The average Bonchev–Trinajstić information content (AvgIpc) is 2.71. The van der Waals surface area contributed by atoms with Gasteiger partial charge in [0.25, 0.3) is 5.91 Å². The van der Waals surface area contributed by atoms with Gasteiger partial charge in [-0.1, -0.05) is 23.2 Å². The van der Waals surface area contributed by atoms with Gasteiger partial charge in [0.2, 0.25) is 10.0 Å². The van der Waals surface area contributed by atoms with Gasteiger partial charge in [-0.25, -0.2) is 21.6 Å². The highest BCUT2D eigenvalue weighted by molar-refractivity contribution is 7.89. The molecule has 12 heteroatoms. The van der Waals surface area contributed by atoms with Crippen molar-refractivity contribution in [2.75, 3.05) is 32.8 Å². The highest BCUT2D eigenvalue weighted by Gasteiger charge is 2.33. The zero-order valence-electron chi connectivity index (χ0n) is 15.2. The molecule has 2 aromatic rings. The van der Waals surface area contributed by atoms with Crippen LogP contribution in [0.1, 0.15) is 0 Å². The highest BCUT2D eigenvalue weighted by atomic mass is 35.5. The van der Waals surface area contributed by atoms with E-state index in [9.17, 15) is 26.4 Å². The van der Waals surface area contributed by atoms with Crippen LogP contribution < -0.4 is 4.74 Å². The molecular formula is C18H15Cl2F3N2O4S. The van der Waals surface area contributed by atoms with Crippen molar-refractivity contribution in [3.63, 3.8) is 0 Å². The van der Waals surface area contributed by atoms with Gasteiger partial charge in [-0.15, -0.1) is 0 Å². The largest absolute Gasteiger partial charge is 0.482 e. The van der Waals surface area contributed by atoms with Crippen LogP contribution in [0, 0.1) is 17.5 Å². The molecule has 1 heterocycles. The molecule has 0 radical (unpaired) electrons. The van der Waals surface area contributed by atoms with Gasteiger partial charge in [0.15, 0.2) is 24.1 Å². The van der Waals surface area contributed by atoms with E-state index >= 15 is 0 Å². The number of amides is 1. The molecule has 162 valence electrons. The average molecular weight is 483 g/mol. The molecule has 6 nitrogen and oxygen atoms in total. The van der Waals surface area contributed by atoms with Crippen LogP contribution in [0.4, 0.5) is 13.2 Å². The minimum atomic E-state index is -4.39. The molecule has 0 atom stereocenters. The lowest BCUT2D eigenvalue weighted by Gasteiger charge is -2.34. The second-order valence-electron chi connectivity index (χ2n) is 6.32. The molecule has 1 amide bonds. The van der Waals surface area contributed by atoms with Crippen molar-refractivity contribution in [3.05, 3.63) is 57.8 Å². The predicted octanol–water partition coefficient (Wildman–Crippen LogP) is 3.32. The first-order valence-corrected chi connectivity index (χ1v) is 10.8. The van der Waals surface area contributed by atoms with Crippen LogP contribution in [-0.4, -0.2) is 56.3 Å². The van der Waals surface area contributed by atoms with Crippen molar-refractivity contribution >= 4 is 39.1 Å². The maximum Gasteiger partial charge on any atom is 0.260 e. The maximum atomic E-state index is 13.9. The number of benzene rings is 2. The smallest absolute Gasteiger partial charge is 0.260 e. The molecule has 0 bridgehead atoms. The summed E-state index contributed by atoms with van der Waals surface area (Å²) in [6, 6.07) is 5.74. The van der Waals surface area contributed by atoms with Crippen molar-refractivity contribution in [1.29, 1.82) is 0 Å². The second kappa shape index (κ2) is 9.01. The molecule has 1 aliphatic heterocycles. The van der Waals surface area contributed by atoms with Crippen molar-refractivity contribution in [1.82, 2.24) is 9.21 Å². The minimum absolute atomic E-state index is 0.0149. The molecule has 30 heavy (non-hydrogen) atoms. The number of ether oxygens (including phenoxy) is 1. The van der Waals surface area contributed by atoms with Crippen LogP contribution in [-0.2, 0) is 14.8 Å². The Bertz CT molecular complexity index is 1080. The number of carbonyl (C=O) groups excluding carboxylic acids is 1. The number of rotatable bonds is 5. The van der Waals surface area contributed by atoms with Gasteiger partial charge in [-0.2, -0.15) is 4.31 Å². The van der Waals surface area contributed by atoms with Gasteiger partial charge in [-0.05, 0) is 30.3 Å². The van der Waals surface area contributed by atoms with Gasteiger partial charge >= 0.3 is 0 Å². The van der Waals surface area contributed by atoms with E-state index in [1.807, 2.05) is 0 Å². The SMILES string of the molecule is O=C(COc1ccc(Cl)cc1Cl)N1CCN(S(=O)(=O)c2ccc(F)c(F)c2F)CC1. The standard InChI is InChI=1S/C18H15Cl2F3N2O4S/c19-11-1-3-14(12(20)9-11)29-10-16(26)24-5-7-25(8-6-24)30(27,28)15-4-2-13(21)17(22)18(15)23/h1-4,9H,5-8,10H2. The lowest BCUT2D eigenvalue weighted by molar-refractivity contribution is -0.134. The summed E-state index contributed by atoms with van der Waals surface area (Å²) in [7, 11) is -4.39. The van der Waals surface area contributed by atoms with Crippen LogP contribution in [0.3, 0.4) is 0 Å². The molecule has 1 aliphatic rings. The van der Waals surface area contributed by atoms with Crippen molar-refractivity contribution in [2.45, 2.75) is 4.90 Å². The van der Waals surface area contributed by atoms with Crippen molar-refractivity contribution < 1.29 is 31.1 Å². The number of carbonyl (C=O) groups is 1. The van der Waals surface area contributed by atoms with Gasteiger partial charge < -0.3 is 9.64 Å². The minimum Gasteiger partial charge on any atom is -0.482 e. The number of halogens is 5. The Morgan fingerprint density at radius 2 is 1.67 bits per heavy atom. The summed E-state index contributed by atoms with van der Waals surface area (Å²) in [5, 5.41) is 0.647. The van der Waals surface area contributed by atoms with Crippen LogP contribution in [0.15, 0.2) is 35.2 Å². The fourth-order valence-corrected chi connectivity index (χ4v) is 4.79. The van der Waals surface area contributed by atoms with Gasteiger partial charge in [0, 0.05) is 31.2 Å². The Balaban J connectivity index is 1.61. The van der Waals surface area contributed by atoms with Gasteiger partial charge in [-0.3, -0.25) is 4.79 Å². The normalized spacial score (nSPS) is 15.3. The maximum absolute atomic E-state index is 13.9. The van der Waals surface area contributed by atoms with E-state index in [1.165, 1.54) is 17.0 Å². The van der Waals surface area contributed by atoms with E-state index in [1.54, 1.807) is 6.07 Å². The van der Waals surface area contributed by atoms with Gasteiger partial charge in [0.05, 0.1) is 5.02 Å². The summed E-state index contributed by atoms with van der Waals surface area (Å²) in [5.74, 6) is -5.26. The Morgan fingerprint density at radius 1 is 1.00 bits per heavy atom. The fourth-order valence-electron chi connectivity index (χ4n) is 2.85. The Morgan fingerprint density at radius 3 is 2.30 bits per heavy atom. The molecule has 0 aromatic heterocycles. The van der Waals surface area contributed by atoms with Crippen molar-refractivity contribution in [2.24, 2.45) is 0 Å². The van der Waals surface area contributed by atoms with Crippen molar-refractivity contribution in [3.8, 4) is 5.75 Å². The van der Waals surface area contributed by atoms with E-state index < -0.39 is 38.3 Å². The zero-order valence-corrected chi connectivity index (χ0v) is 17.6. The molecule has 0 saturated carbocycles. The Kier molecular flexibility index (Phi) is 6.81. The molecular weight excluding hydrogens is 468 g/mol. The van der Waals surface area contributed by atoms with E-state index in [-0.39, 0.29) is 43.6 Å². The third-order valence-corrected chi connectivity index (χ3v) is 6.90. The topological polar surface area (TPSA) is 66.9 Å². The third-order valence-electron chi connectivity index (χ3n) is 4.45. The van der Waals surface area contributed by atoms with E-state index in [0.29, 0.717) is 17.2 Å². The number of nitrogens with zero attached hydrogens (tertiary/aromatic N) is 2. The first-order valence-electron chi connectivity index (χ1n) is 8.60. The molecule has 3 rings (SSSR count). The summed E-state index contributed by atoms with van der Waals surface area (Å²) < 4.78 is 71.8. The second-order valence-corrected chi connectivity index (χ2v) is 9.07. The number of hydrogen-bond donors (Lipinski definition) is 0. The summed E-state index contributed by atoms with van der Waals surface area (Å²) in [5.41, 5.74) is 0. The summed E-state index contributed by atoms with van der Waals surface area (Å²) in [6.45, 7) is -0.587. The van der Waals surface area contributed by atoms with Crippen LogP contribution in [0.2, 0.25) is 10.0 Å². The van der Waals surface area contributed by atoms with Crippen LogP contribution in [0.25, 0.3) is 0 Å². The zero-order chi connectivity index (χ0) is 22.1. The molecule has 1 fully saturated rings. The predicted molar refractivity (Wildman–Crippen MR) is 104 cm³/mol. The molecule has 1 saturated heterocycles. The van der Waals surface area contributed by atoms with E-state index in [4.69, 9.17) is 27.9 Å². The molecule has 2 aromatic carbocycles. The Hall–Kier alpha value is -2.01. The highest BCUT2D eigenvalue weighted by Crippen LogP contribution is 2.28. The lowest BCUT2D eigenvalue weighted by atomic mass is 10.3. The first-order chi connectivity index (χ1) is 14.1. The van der Waals surface area contributed by atoms with Crippen LogP contribution >= 0.6 is 23.2 Å². The monoisotopic (exact) mass is 482 g/mol. The third kappa shape index (κ3) is 4.66. The summed E-state index contributed by atoms with van der Waals surface area (Å²) >= 11 is 11.8. The lowest BCUT2D eigenvalue weighted by Crippen LogP contribution is -2.51. The Labute approximate surface area is 180 Å². The fraction of sp³-hybridized carbons (Fsp3) is 0.278. The van der Waals surface area contributed by atoms with E-state index in [0.717, 1.165) is 4.31 Å². The van der Waals surface area contributed by atoms with Crippen LogP contribution in [0.5, 0.6) is 5.75 Å². The molecule has 0 unspecified atom stereocenters.